The van der Waals surface area contributed by atoms with Gasteiger partial charge in [-0.1, -0.05) is 37.5 Å². The van der Waals surface area contributed by atoms with E-state index in [1.54, 1.807) is 30.3 Å². The SMILES string of the molecule is COC(=O)/C=C(/C(=O)OC)C(=O)N(C(=O)c1ccccc1)C1CCCCC1. The molecule has 7 nitrogen and oxygen atoms in total. The molecule has 0 atom stereocenters. The highest BCUT2D eigenvalue weighted by Crippen LogP contribution is 2.26. The molecule has 1 aliphatic carbocycles. The third-order valence-electron chi connectivity index (χ3n) is 4.50. The molecule has 0 radical (unpaired) electrons. The lowest BCUT2D eigenvalue weighted by atomic mass is 9.93. The van der Waals surface area contributed by atoms with Crippen LogP contribution in [0.4, 0.5) is 0 Å². The minimum Gasteiger partial charge on any atom is -0.466 e. The van der Waals surface area contributed by atoms with Gasteiger partial charge in [0.2, 0.25) is 0 Å². The van der Waals surface area contributed by atoms with Crippen molar-refractivity contribution in [3.63, 3.8) is 0 Å². The van der Waals surface area contributed by atoms with Gasteiger partial charge < -0.3 is 9.47 Å². The average molecular weight is 373 g/mol. The Morgan fingerprint density at radius 3 is 2.15 bits per heavy atom. The second-order valence-corrected chi connectivity index (χ2v) is 6.21. The first-order valence-electron chi connectivity index (χ1n) is 8.80. The van der Waals surface area contributed by atoms with Crippen LogP contribution in [0.25, 0.3) is 0 Å². The maximum atomic E-state index is 13.1. The average Bonchev–Trinajstić information content (AvgIpc) is 2.72. The summed E-state index contributed by atoms with van der Waals surface area (Å²) in [5, 5.41) is 0. The highest BCUT2D eigenvalue weighted by atomic mass is 16.5. The van der Waals surface area contributed by atoms with E-state index < -0.39 is 29.3 Å². The van der Waals surface area contributed by atoms with Gasteiger partial charge in [-0.15, -0.1) is 0 Å². The van der Waals surface area contributed by atoms with Crippen molar-refractivity contribution in [3.05, 3.63) is 47.5 Å². The standard InChI is InChI=1S/C20H23NO6/c1-26-17(22)13-16(20(25)27-2)19(24)21(15-11-7-4-8-12-15)18(23)14-9-5-3-6-10-14/h3,5-6,9-10,13,15H,4,7-8,11-12H2,1-2H3/b16-13+. The van der Waals surface area contributed by atoms with Crippen molar-refractivity contribution < 1.29 is 28.7 Å². The molecule has 0 unspecified atom stereocenters. The quantitative estimate of drug-likeness (QED) is 0.340. The first kappa shape index (κ1) is 20.4. The summed E-state index contributed by atoms with van der Waals surface area (Å²) < 4.78 is 9.15. The van der Waals surface area contributed by atoms with E-state index >= 15 is 0 Å². The summed E-state index contributed by atoms with van der Waals surface area (Å²) in [4.78, 5) is 51.0. The zero-order valence-electron chi connectivity index (χ0n) is 15.5. The van der Waals surface area contributed by atoms with E-state index in [2.05, 4.69) is 9.47 Å². The minimum atomic E-state index is -0.993. The van der Waals surface area contributed by atoms with Crippen LogP contribution in [-0.2, 0) is 23.9 Å². The highest BCUT2D eigenvalue weighted by Gasteiger charge is 2.36. The third-order valence-corrected chi connectivity index (χ3v) is 4.50. The topological polar surface area (TPSA) is 90.0 Å². The van der Waals surface area contributed by atoms with Crippen molar-refractivity contribution in [2.24, 2.45) is 0 Å². The summed E-state index contributed by atoms with van der Waals surface area (Å²) in [6, 6.07) is 8.02. The predicted octanol–water partition coefficient (Wildman–Crippen LogP) is 2.26. The molecule has 2 rings (SSSR count). The van der Waals surface area contributed by atoms with Crippen LogP contribution in [-0.4, -0.2) is 48.9 Å². The number of methoxy groups -OCH3 is 2. The lowest BCUT2D eigenvalue weighted by Gasteiger charge is -2.33. The molecule has 1 saturated carbocycles. The molecular formula is C20H23NO6. The van der Waals surface area contributed by atoms with Crippen LogP contribution in [0.2, 0.25) is 0 Å². The van der Waals surface area contributed by atoms with Gasteiger partial charge in [0, 0.05) is 17.7 Å². The second-order valence-electron chi connectivity index (χ2n) is 6.21. The maximum absolute atomic E-state index is 13.1. The van der Waals surface area contributed by atoms with Crippen LogP contribution >= 0.6 is 0 Å². The number of rotatable bonds is 5. The van der Waals surface area contributed by atoms with Gasteiger partial charge in [0.1, 0.15) is 5.57 Å². The molecule has 0 aliphatic heterocycles. The van der Waals surface area contributed by atoms with Gasteiger partial charge in [-0.05, 0) is 25.0 Å². The molecule has 1 aromatic carbocycles. The zero-order chi connectivity index (χ0) is 19.8. The molecule has 1 aliphatic rings. The number of carbonyl (C=O) groups excluding carboxylic acids is 4. The molecule has 2 amide bonds. The lowest BCUT2D eigenvalue weighted by molar-refractivity contribution is -0.142. The van der Waals surface area contributed by atoms with Gasteiger partial charge in [0.25, 0.3) is 11.8 Å². The first-order valence-corrected chi connectivity index (χ1v) is 8.80. The smallest absolute Gasteiger partial charge is 0.343 e. The van der Waals surface area contributed by atoms with Crippen molar-refractivity contribution in [2.45, 2.75) is 38.1 Å². The fraction of sp³-hybridized carbons (Fsp3) is 0.400. The van der Waals surface area contributed by atoms with Gasteiger partial charge in [0.15, 0.2) is 0 Å². The molecule has 27 heavy (non-hydrogen) atoms. The number of nitrogens with zero attached hydrogens (tertiary/aromatic N) is 1. The van der Waals surface area contributed by atoms with E-state index in [9.17, 15) is 19.2 Å². The molecule has 0 bridgehead atoms. The summed E-state index contributed by atoms with van der Waals surface area (Å²) in [5.74, 6) is -3.23. The van der Waals surface area contributed by atoms with Crippen molar-refractivity contribution in [1.29, 1.82) is 0 Å². The number of hydrogen-bond donors (Lipinski definition) is 0. The number of hydrogen-bond acceptors (Lipinski definition) is 6. The van der Waals surface area contributed by atoms with Crippen molar-refractivity contribution in [2.75, 3.05) is 14.2 Å². The zero-order valence-corrected chi connectivity index (χ0v) is 15.5. The Balaban J connectivity index is 2.45. The van der Waals surface area contributed by atoms with Crippen LogP contribution in [0.15, 0.2) is 42.0 Å². The maximum Gasteiger partial charge on any atom is 0.343 e. The number of carbonyl (C=O) groups is 4. The van der Waals surface area contributed by atoms with Gasteiger partial charge in [-0.2, -0.15) is 0 Å². The number of ether oxygens (including phenoxy) is 2. The molecule has 0 heterocycles. The summed E-state index contributed by atoms with van der Waals surface area (Å²) in [6.45, 7) is 0. The molecule has 7 heteroatoms. The van der Waals surface area contributed by atoms with E-state index in [1.807, 2.05) is 0 Å². The Bertz CT molecular complexity index is 734. The Hall–Kier alpha value is -2.96. The van der Waals surface area contributed by atoms with Crippen molar-refractivity contribution in [3.8, 4) is 0 Å². The molecular weight excluding hydrogens is 350 g/mol. The van der Waals surface area contributed by atoms with Gasteiger partial charge >= 0.3 is 11.9 Å². The monoisotopic (exact) mass is 373 g/mol. The highest BCUT2D eigenvalue weighted by molar-refractivity contribution is 6.23. The van der Waals surface area contributed by atoms with E-state index in [-0.39, 0.29) is 6.04 Å². The van der Waals surface area contributed by atoms with E-state index in [0.29, 0.717) is 18.4 Å². The Morgan fingerprint density at radius 2 is 1.59 bits per heavy atom. The number of esters is 2. The summed E-state index contributed by atoms with van der Waals surface area (Å²) in [7, 11) is 2.23. The van der Waals surface area contributed by atoms with Gasteiger partial charge in [-0.3, -0.25) is 14.5 Å². The fourth-order valence-corrected chi connectivity index (χ4v) is 3.11. The number of amides is 2. The molecule has 1 fully saturated rings. The van der Waals surface area contributed by atoms with Crippen molar-refractivity contribution >= 4 is 23.8 Å². The Labute approximate surface area is 157 Å². The molecule has 0 aromatic heterocycles. The molecule has 0 spiro atoms. The second kappa shape index (κ2) is 9.66. The Morgan fingerprint density at radius 1 is 0.963 bits per heavy atom. The fourth-order valence-electron chi connectivity index (χ4n) is 3.11. The normalized spacial score (nSPS) is 15.0. The predicted molar refractivity (Wildman–Crippen MR) is 96.6 cm³/mol. The minimum absolute atomic E-state index is 0.332. The summed E-state index contributed by atoms with van der Waals surface area (Å²) in [6.07, 6.45) is 4.85. The first-order chi connectivity index (χ1) is 13.0. The Kier molecular flexibility index (Phi) is 7.28. The molecule has 144 valence electrons. The van der Waals surface area contributed by atoms with Crippen LogP contribution in [0.5, 0.6) is 0 Å². The molecule has 1 aromatic rings. The molecule has 0 N–H and O–H groups in total. The van der Waals surface area contributed by atoms with Crippen LogP contribution < -0.4 is 0 Å². The third kappa shape index (κ3) is 5.03. The molecule has 0 saturated heterocycles. The summed E-state index contributed by atoms with van der Waals surface area (Å²) >= 11 is 0. The van der Waals surface area contributed by atoms with E-state index in [4.69, 9.17) is 0 Å². The summed E-state index contributed by atoms with van der Waals surface area (Å²) in [5.41, 5.74) is -0.196. The van der Waals surface area contributed by atoms with Gasteiger partial charge in [0.05, 0.1) is 14.2 Å². The van der Waals surface area contributed by atoms with E-state index in [0.717, 1.165) is 44.5 Å². The van der Waals surface area contributed by atoms with Crippen LogP contribution in [0.3, 0.4) is 0 Å². The number of imide groups is 1. The number of benzene rings is 1. The van der Waals surface area contributed by atoms with Crippen LogP contribution in [0.1, 0.15) is 42.5 Å². The van der Waals surface area contributed by atoms with Crippen LogP contribution in [0, 0.1) is 0 Å². The lowest BCUT2D eigenvalue weighted by Crippen LogP contribution is -2.47. The van der Waals surface area contributed by atoms with E-state index in [1.165, 1.54) is 0 Å². The largest absolute Gasteiger partial charge is 0.466 e. The van der Waals surface area contributed by atoms with Crippen molar-refractivity contribution in [1.82, 2.24) is 4.90 Å². The van der Waals surface area contributed by atoms with Gasteiger partial charge in [-0.25, -0.2) is 9.59 Å².